The Kier molecular flexibility index (Phi) is 3.78. The summed E-state index contributed by atoms with van der Waals surface area (Å²) in [5, 5.41) is 0. The van der Waals surface area contributed by atoms with Crippen LogP contribution in [0.5, 0.6) is 0 Å². The fraction of sp³-hybridized carbons (Fsp3) is 0.176. The van der Waals surface area contributed by atoms with Gasteiger partial charge in [-0.1, -0.05) is 0 Å². The zero-order chi connectivity index (χ0) is 12.2. The van der Waals surface area contributed by atoms with E-state index in [1.54, 1.807) is 13.3 Å². The molecule has 1 aromatic carbocycles. The number of hydrogen-bond acceptors (Lipinski definition) is 0. The summed E-state index contributed by atoms with van der Waals surface area (Å²) < 4.78 is 3.41. The van der Waals surface area contributed by atoms with Crippen molar-refractivity contribution in [3.63, 3.8) is 0 Å². The molecule has 2 aliphatic rings. The van der Waals surface area contributed by atoms with Crippen LogP contribution in [0, 0.1) is 0 Å². The molecule has 0 aliphatic heterocycles. The normalized spacial score (nSPS) is 17.2. The van der Waals surface area contributed by atoms with E-state index in [0.717, 1.165) is 6.42 Å². The van der Waals surface area contributed by atoms with Crippen LogP contribution in [0.2, 0.25) is 0 Å². The van der Waals surface area contributed by atoms with Crippen LogP contribution in [-0.4, -0.2) is 0 Å². The first kappa shape index (κ1) is 12.0. The van der Waals surface area contributed by atoms with Crippen molar-refractivity contribution in [3.05, 3.63) is 79.6 Å². The zero-order valence-corrected chi connectivity index (χ0v) is 12.0. The van der Waals surface area contributed by atoms with E-state index in [1.807, 2.05) is 0 Å². The van der Waals surface area contributed by atoms with Gasteiger partial charge in [0.25, 0.3) is 0 Å². The Morgan fingerprint density at radius 2 is 1.94 bits per heavy atom. The largest absolute Gasteiger partial charge is 1.00 e. The number of rotatable bonds is 4. The minimum atomic E-state index is -0.0495. The second-order valence-corrected chi connectivity index (χ2v) is 7.06. The monoisotopic (exact) mass is 270 g/mol. The smallest absolute Gasteiger partial charge is 1.00 e. The summed E-state index contributed by atoms with van der Waals surface area (Å²) >= 11 is -0.0495. The van der Waals surface area contributed by atoms with Crippen molar-refractivity contribution in [2.24, 2.45) is 0 Å². The van der Waals surface area contributed by atoms with Gasteiger partial charge in [0.05, 0.1) is 0 Å². The quantitative estimate of drug-likeness (QED) is 0.702. The summed E-state index contributed by atoms with van der Waals surface area (Å²) in [6, 6.07) is 10.8. The Morgan fingerprint density at radius 1 is 1.06 bits per heavy atom. The minimum Gasteiger partial charge on any atom is -1.00 e. The molecule has 0 amide bonds. The molecule has 0 saturated carbocycles. The Bertz CT molecular complexity index is 554. The molecule has 2 aliphatic carbocycles. The van der Waals surface area contributed by atoms with Gasteiger partial charge in [-0.25, -0.2) is 0 Å². The molecule has 0 atom stereocenters. The van der Waals surface area contributed by atoms with Gasteiger partial charge in [-0.05, 0) is 0 Å². The second-order valence-electron chi connectivity index (χ2n) is 4.72. The molecule has 0 heterocycles. The minimum absolute atomic E-state index is 0. The second kappa shape index (κ2) is 5.69. The molecular weight excluding hydrogens is 252 g/mol. The SMILES string of the molecule is C1=CC[C]([Ti+2][C]2=C(Cc3ccccc3)C=CC2)=C1.[H-].[H-]. The summed E-state index contributed by atoms with van der Waals surface area (Å²) in [4.78, 5) is 0. The summed E-state index contributed by atoms with van der Waals surface area (Å²) in [5.74, 6) is 0. The summed E-state index contributed by atoms with van der Waals surface area (Å²) in [6.45, 7) is 0. The van der Waals surface area contributed by atoms with E-state index in [2.05, 4.69) is 60.7 Å². The van der Waals surface area contributed by atoms with Crippen LogP contribution in [0.3, 0.4) is 0 Å². The van der Waals surface area contributed by atoms with Gasteiger partial charge in [0.1, 0.15) is 0 Å². The zero-order valence-electron chi connectivity index (χ0n) is 12.4. The van der Waals surface area contributed by atoms with Gasteiger partial charge in [0.2, 0.25) is 0 Å². The first-order chi connectivity index (χ1) is 8.92. The first-order valence-corrected chi connectivity index (χ1v) is 8.03. The van der Waals surface area contributed by atoms with E-state index < -0.39 is 0 Å². The Hall–Kier alpha value is -1.11. The van der Waals surface area contributed by atoms with E-state index in [1.165, 1.54) is 18.4 Å². The average Bonchev–Trinajstić information content (AvgIpc) is 3.04. The molecular formula is C17H18Ti. The third-order valence-electron chi connectivity index (χ3n) is 3.35. The Labute approximate surface area is 121 Å². The molecule has 0 nitrogen and oxygen atoms in total. The van der Waals surface area contributed by atoms with E-state index >= 15 is 0 Å². The Balaban J connectivity index is 0.000001000. The van der Waals surface area contributed by atoms with Crippen LogP contribution < -0.4 is 0 Å². The molecule has 0 aromatic heterocycles. The molecule has 1 aromatic rings. The van der Waals surface area contributed by atoms with Gasteiger partial charge in [-0.3, -0.25) is 0 Å². The molecule has 0 unspecified atom stereocenters. The molecule has 0 spiro atoms. The maximum Gasteiger partial charge on any atom is -1.00 e. The molecule has 0 N–H and O–H groups in total. The molecule has 0 radical (unpaired) electrons. The van der Waals surface area contributed by atoms with Crippen molar-refractivity contribution in [2.75, 3.05) is 0 Å². The number of benzene rings is 1. The van der Waals surface area contributed by atoms with Gasteiger partial charge in [-0.15, -0.1) is 0 Å². The van der Waals surface area contributed by atoms with Crippen LogP contribution in [0.25, 0.3) is 0 Å². The third kappa shape index (κ3) is 2.83. The van der Waals surface area contributed by atoms with Crippen molar-refractivity contribution in [3.8, 4) is 0 Å². The van der Waals surface area contributed by atoms with Crippen molar-refractivity contribution >= 4 is 0 Å². The maximum absolute atomic E-state index is 2.34. The fourth-order valence-corrected chi connectivity index (χ4v) is 4.49. The van der Waals surface area contributed by atoms with Crippen molar-refractivity contribution in [1.82, 2.24) is 0 Å². The predicted molar refractivity (Wildman–Crippen MR) is 75.0 cm³/mol. The maximum atomic E-state index is 2.34. The third-order valence-corrected chi connectivity index (χ3v) is 5.72. The number of allylic oxidation sites excluding steroid dienone is 8. The molecule has 1 heteroatoms. The summed E-state index contributed by atoms with van der Waals surface area (Å²) in [6.07, 6.45) is 15.0. The molecule has 3 rings (SSSR count). The average molecular weight is 270 g/mol. The van der Waals surface area contributed by atoms with Crippen LogP contribution in [0.1, 0.15) is 21.3 Å². The molecule has 18 heavy (non-hydrogen) atoms. The van der Waals surface area contributed by atoms with Crippen molar-refractivity contribution < 1.29 is 22.0 Å². The molecule has 0 saturated heterocycles. The van der Waals surface area contributed by atoms with E-state index in [4.69, 9.17) is 0 Å². The van der Waals surface area contributed by atoms with Crippen LogP contribution in [0.4, 0.5) is 0 Å². The molecule has 0 bridgehead atoms. The van der Waals surface area contributed by atoms with Crippen LogP contribution in [-0.2, 0) is 25.6 Å². The van der Waals surface area contributed by atoms with Gasteiger partial charge in [0, 0.05) is 0 Å². The van der Waals surface area contributed by atoms with Gasteiger partial charge in [0.15, 0.2) is 0 Å². The van der Waals surface area contributed by atoms with Crippen LogP contribution in [0.15, 0.2) is 74.0 Å². The summed E-state index contributed by atoms with van der Waals surface area (Å²) in [7, 11) is 0. The molecule has 0 fully saturated rings. The van der Waals surface area contributed by atoms with E-state index in [-0.39, 0.29) is 22.0 Å². The van der Waals surface area contributed by atoms with Crippen LogP contribution >= 0.6 is 0 Å². The topological polar surface area (TPSA) is 0 Å². The fourth-order valence-electron chi connectivity index (χ4n) is 2.40. The van der Waals surface area contributed by atoms with Gasteiger partial charge in [-0.2, -0.15) is 0 Å². The van der Waals surface area contributed by atoms with Gasteiger partial charge >= 0.3 is 118 Å². The van der Waals surface area contributed by atoms with E-state index in [0.29, 0.717) is 0 Å². The van der Waals surface area contributed by atoms with Gasteiger partial charge < -0.3 is 2.85 Å². The van der Waals surface area contributed by atoms with Crippen molar-refractivity contribution in [2.45, 2.75) is 19.3 Å². The summed E-state index contributed by atoms with van der Waals surface area (Å²) in [5.41, 5.74) is 3.01. The van der Waals surface area contributed by atoms with E-state index in [9.17, 15) is 0 Å². The molecule has 90 valence electrons. The Morgan fingerprint density at radius 3 is 2.72 bits per heavy atom. The predicted octanol–water partition coefficient (Wildman–Crippen LogP) is 4.59. The first-order valence-electron chi connectivity index (χ1n) is 6.47. The number of hydrogen-bond donors (Lipinski definition) is 0. The van der Waals surface area contributed by atoms with Crippen molar-refractivity contribution in [1.29, 1.82) is 0 Å². The standard InChI is InChI=1S/C12H11.C5H5.Ti.2H/c1-2-6-11(7-3-1)10-12-8-4-5-9-12;1-2-4-5-3-1;;;/h1-4,6-8H,5,10H2;1-3H,4H2;;;/q;;+2;2*-1.